The van der Waals surface area contributed by atoms with Gasteiger partial charge in [0.1, 0.15) is 0 Å². The van der Waals surface area contributed by atoms with Gasteiger partial charge in [-0.2, -0.15) is 0 Å². The first kappa shape index (κ1) is 24.1. The molecule has 2 N–H and O–H groups in total. The number of nitrogens with one attached hydrogen (secondary N) is 2. The van der Waals surface area contributed by atoms with Gasteiger partial charge in [0.05, 0.1) is 26.4 Å². The molecule has 1 rings (SSSR count). The molecule has 1 aromatic carbocycles. The molecule has 1 aromatic rings. The van der Waals surface area contributed by atoms with Gasteiger partial charge in [0, 0.05) is 19.7 Å². The molecule has 0 amide bonds. The number of benzene rings is 1. The number of guanidine groups is 1. The fourth-order valence-electron chi connectivity index (χ4n) is 2.08. The van der Waals surface area contributed by atoms with E-state index in [-0.39, 0.29) is 24.0 Å². The predicted molar refractivity (Wildman–Crippen MR) is 116 cm³/mol. The number of aliphatic imine (C=N–C) groups is 1. The van der Waals surface area contributed by atoms with Gasteiger partial charge in [0.15, 0.2) is 5.96 Å². The molecule has 0 aliphatic heterocycles. The molecule has 0 fully saturated rings. The van der Waals surface area contributed by atoms with Crippen molar-refractivity contribution in [3.63, 3.8) is 0 Å². The van der Waals surface area contributed by atoms with Crippen molar-refractivity contribution in [1.82, 2.24) is 10.6 Å². The zero-order valence-electron chi connectivity index (χ0n) is 16.0. The SMILES string of the molecule is CCNC(=NCc1cccc(COCCOCC)c1)NCC(C)C.I. The summed E-state index contributed by atoms with van der Waals surface area (Å²) in [6, 6.07) is 8.38. The number of hydrogen-bond acceptors (Lipinski definition) is 3. The lowest BCUT2D eigenvalue weighted by Gasteiger charge is -2.13. The molecule has 0 aliphatic carbocycles. The van der Waals surface area contributed by atoms with Gasteiger partial charge < -0.3 is 20.1 Å². The highest BCUT2D eigenvalue weighted by Crippen LogP contribution is 2.08. The van der Waals surface area contributed by atoms with Crippen molar-refractivity contribution in [2.45, 2.75) is 40.8 Å². The Hall–Kier alpha value is -0.860. The summed E-state index contributed by atoms with van der Waals surface area (Å²) in [6.45, 7) is 13.5. The maximum absolute atomic E-state index is 5.62. The van der Waals surface area contributed by atoms with Crippen LogP contribution in [0.2, 0.25) is 0 Å². The lowest BCUT2D eigenvalue weighted by atomic mass is 10.1. The quantitative estimate of drug-likeness (QED) is 0.228. The Morgan fingerprint density at radius 1 is 1.08 bits per heavy atom. The summed E-state index contributed by atoms with van der Waals surface area (Å²) in [4.78, 5) is 4.65. The van der Waals surface area contributed by atoms with Gasteiger partial charge >= 0.3 is 0 Å². The van der Waals surface area contributed by atoms with Crippen molar-refractivity contribution in [1.29, 1.82) is 0 Å². The monoisotopic (exact) mass is 463 g/mol. The molecule has 6 heteroatoms. The van der Waals surface area contributed by atoms with Crippen LogP contribution in [0.25, 0.3) is 0 Å². The van der Waals surface area contributed by atoms with Crippen LogP contribution in [-0.2, 0) is 22.6 Å². The average Bonchev–Trinajstić information content (AvgIpc) is 2.57. The van der Waals surface area contributed by atoms with Crippen molar-refractivity contribution in [2.75, 3.05) is 32.9 Å². The van der Waals surface area contributed by atoms with Crippen LogP contribution in [0.3, 0.4) is 0 Å². The summed E-state index contributed by atoms with van der Waals surface area (Å²) >= 11 is 0. The smallest absolute Gasteiger partial charge is 0.191 e. The molecule has 0 aliphatic rings. The van der Waals surface area contributed by atoms with Crippen LogP contribution in [0.15, 0.2) is 29.3 Å². The average molecular weight is 463 g/mol. The van der Waals surface area contributed by atoms with E-state index in [0.717, 1.165) is 25.7 Å². The topological polar surface area (TPSA) is 54.9 Å². The molecule has 0 heterocycles. The van der Waals surface area contributed by atoms with Gasteiger partial charge in [-0.25, -0.2) is 4.99 Å². The number of ether oxygens (including phenoxy) is 2. The van der Waals surface area contributed by atoms with Crippen molar-refractivity contribution >= 4 is 29.9 Å². The first-order valence-corrected chi connectivity index (χ1v) is 8.91. The Kier molecular flexibility index (Phi) is 14.9. The van der Waals surface area contributed by atoms with Crippen LogP contribution in [0.5, 0.6) is 0 Å². The van der Waals surface area contributed by atoms with Crippen LogP contribution >= 0.6 is 24.0 Å². The van der Waals surface area contributed by atoms with E-state index in [1.165, 1.54) is 11.1 Å². The standard InChI is InChI=1S/C19H33N3O2.HI/c1-5-20-19(21-13-16(3)4)22-14-17-8-7-9-18(12-17)15-24-11-10-23-6-2;/h7-9,12,16H,5-6,10-11,13-15H2,1-4H3,(H2,20,21,22);1H. The van der Waals surface area contributed by atoms with Gasteiger partial charge in [-0.05, 0) is 30.9 Å². The lowest BCUT2D eigenvalue weighted by molar-refractivity contribution is 0.0453. The second kappa shape index (κ2) is 15.4. The Labute approximate surface area is 170 Å². The molecule has 0 radical (unpaired) electrons. The van der Waals surface area contributed by atoms with Gasteiger partial charge in [-0.1, -0.05) is 38.1 Å². The molecule has 25 heavy (non-hydrogen) atoms. The van der Waals surface area contributed by atoms with Crippen LogP contribution in [0.4, 0.5) is 0 Å². The molecule has 0 spiro atoms. The highest BCUT2D eigenvalue weighted by molar-refractivity contribution is 14.0. The summed E-state index contributed by atoms with van der Waals surface area (Å²) in [5, 5.41) is 6.64. The first-order valence-electron chi connectivity index (χ1n) is 8.91. The maximum atomic E-state index is 5.62. The van der Waals surface area contributed by atoms with Crippen molar-refractivity contribution < 1.29 is 9.47 Å². The minimum atomic E-state index is 0. The van der Waals surface area contributed by atoms with Crippen LogP contribution in [-0.4, -0.2) is 38.9 Å². The molecule has 144 valence electrons. The fraction of sp³-hybridized carbons (Fsp3) is 0.632. The summed E-state index contributed by atoms with van der Waals surface area (Å²) in [7, 11) is 0. The Morgan fingerprint density at radius 3 is 2.48 bits per heavy atom. The van der Waals surface area contributed by atoms with E-state index in [4.69, 9.17) is 9.47 Å². The Morgan fingerprint density at radius 2 is 1.80 bits per heavy atom. The third kappa shape index (κ3) is 12.2. The molecule has 5 nitrogen and oxygen atoms in total. The molecule has 0 saturated carbocycles. The van der Waals surface area contributed by atoms with E-state index in [1.807, 2.05) is 6.92 Å². The summed E-state index contributed by atoms with van der Waals surface area (Å²) in [5.74, 6) is 1.45. The van der Waals surface area contributed by atoms with Crippen LogP contribution in [0.1, 0.15) is 38.8 Å². The summed E-state index contributed by atoms with van der Waals surface area (Å²) < 4.78 is 10.9. The second-order valence-corrected chi connectivity index (χ2v) is 6.04. The molecular weight excluding hydrogens is 429 g/mol. The second-order valence-electron chi connectivity index (χ2n) is 6.04. The highest BCUT2D eigenvalue weighted by Gasteiger charge is 2.00. The normalized spacial score (nSPS) is 11.3. The van der Waals surface area contributed by atoms with Crippen molar-refractivity contribution in [3.8, 4) is 0 Å². The largest absolute Gasteiger partial charge is 0.379 e. The molecule has 0 saturated heterocycles. The van der Waals surface area contributed by atoms with E-state index in [9.17, 15) is 0 Å². The van der Waals surface area contributed by atoms with E-state index < -0.39 is 0 Å². The predicted octanol–water partition coefficient (Wildman–Crippen LogP) is 3.57. The van der Waals surface area contributed by atoms with E-state index in [0.29, 0.717) is 32.3 Å². The lowest BCUT2D eigenvalue weighted by Crippen LogP contribution is -2.39. The van der Waals surface area contributed by atoms with Gasteiger partial charge in [0.25, 0.3) is 0 Å². The van der Waals surface area contributed by atoms with Gasteiger partial charge in [0.2, 0.25) is 0 Å². The van der Waals surface area contributed by atoms with Gasteiger partial charge in [-0.3, -0.25) is 0 Å². The summed E-state index contributed by atoms with van der Waals surface area (Å²) in [6.07, 6.45) is 0. The molecule has 0 bridgehead atoms. The minimum absolute atomic E-state index is 0. The molecule has 0 unspecified atom stereocenters. The molecule has 0 aromatic heterocycles. The number of nitrogens with zero attached hydrogens (tertiary/aromatic N) is 1. The van der Waals surface area contributed by atoms with Crippen LogP contribution in [0, 0.1) is 5.92 Å². The van der Waals surface area contributed by atoms with Gasteiger partial charge in [-0.15, -0.1) is 24.0 Å². The highest BCUT2D eigenvalue weighted by atomic mass is 127. The van der Waals surface area contributed by atoms with E-state index >= 15 is 0 Å². The molecular formula is C19H34IN3O2. The maximum Gasteiger partial charge on any atom is 0.191 e. The number of hydrogen-bond donors (Lipinski definition) is 2. The third-order valence-corrected chi connectivity index (χ3v) is 3.28. The zero-order chi connectivity index (χ0) is 17.6. The summed E-state index contributed by atoms with van der Waals surface area (Å²) in [5.41, 5.74) is 2.35. The van der Waals surface area contributed by atoms with E-state index in [2.05, 4.69) is 60.7 Å². The minimum Gasteiger partial charge on any atom is -0.379 e. The van der Waals surface area contributed by atoms with Crippen molar-refractivity contribution in [2.24, 2.45) is 10.9 Å². The van der Waals surface area contributed by atoms with Crippen LogP contribution < -0.4 is 10.6 Å². The van der Waals surface area contributed by atoms with Crippen molar-refractivity contribution in [3.05, 3.63) is 35.4 Å². The number of halogens is 1. The van der Waals surface area contributed by atoms with E-state index in [1.54, 1.807) is 0 Å². The molecule has 0 atom stereocenters. The Bertz CT molecular complexity index is 481. The zero-order valence-corrected chi connectivity index (χ0v) is 18.3. The first-order chi connectivity index (χ1) is 11.7. The Balaban J connectivity index is 0.00000576. The number of rotatable bonds is 11. The third-order valence-electron chi connectivity index (χ3n) is 3.28. The fourth-order valence-corrected chi connectivity index (χ4v) is 2.08.